The topological polar surface area (TPSA) is 41.6 Å². The summed E-state index contributed by atoms with van der Waals surface area (Å²) in [6.45, 7) is 6.94. The van der Waals surface area contributed by atoms with E-state index in [1.54, 1.807) is 25.7 Å². The number of carbonyl (C=O) groups excluding carboxylic acids is 1. The fraction of sp³-hybridized carbons (Fsp3) is 0.562. The van der Waals surface area contributed by atoms with Gasteiger partial charge < -0.3 is 15.0 Å². The van der Waals surface area contributed by atoms with E-state index < -0.39 is 23.3 Å². The van der Waals surface area contributed by atoms with Gasteiger partial charge in [-0.05, 0) is 39.3 Å². The number of rotatable bonds is 2. The van der Waals surface area contributed by atoms with Gasteiger partial charge in [-0.1, -0.05) is 6.07 Å². The van der Waals surface area contributed by atoms with Crippen molar-refractivity contribution in [2.45, 2.75) is 38.8 Å². The third kappa shape index (κ3) is 4.16. The minimum Gasteiger partial charge on any atom is -0.444 e. The predicted octanol–water partition coefficient (Wildman–Crippen LogP) is 2.72. The minimum absolute atomic E-state index is 0.00441. The Morgan fingerprint density at radius 3 is 2.59 bits per heavy atom. The van der Waals surface area contributed by atoms with Crippen LogP contribution in [-0.2, 0) is 11.2 Å². The van der Waals surface area contributed by atoms with Crippen LogP contribution < -0.4 is 5.32 Å². The Hall–Kier alpha value is -1.69. The van der Waals surface area contributed by atoms with E-state index in [-0.39, 0.29) is 18.0 Å². The lowest BCUT2D eigenvalue weighted by atomic mass is 10.0. The van der Waals surface area contributed by atoms with Gasteiger partial charge in [0.25, 0.3) is 0 Å². The third-order valence-electron chi connectivity index (χ3n) is 3.48. The van der Waals surface area contributed by atoms with Crippen LogP contribution in [0.15, 0.2) is 18.2 Å². The molecule has 0 aromatic heterocycles. The molecule has 1 aliphatic rings. The van der Waals surface area contributed by atoms with Gasteiger partial charge in [-0.25, -0.2) is 13.6 Å². The maximum atomic E-state index is 13.8. The molecule has 1 atom stereocenters. The molecule has 1 saturated heterocycles. The lowest BCUT2D eigenvalue weighted by Crippen LogP contribution is -2.55. The maximum Gasteiger partial charge on any atom is 0.410 e. The quantitative estimate of drug-likeness (QED) is 0.913. The highest BCUT2D eigenvalue weighted by Crippen LogP contribution is 2.19. The summed E-state index contributed by atoms with van der Waals surface area (Å²) in [7, 11) is 0. The molecule has 1 amide bonds. The number of nitrogens with zero attached hydrogens (tertiary/aromatic N) is 1. The summed E-state index contributed by atoms with van der Waals surface area (Å²) in [5, 5.41) is 3.15. The van der Waals surface area contributed by atoms with Crippen molar-refractivity contribution in [2.24, 2.45) is 0 Å². The van der Waals surface area contributed by atoms with Crippen molar-refractivity contribution in [2.75, 3.05) is 19.6 Å². The number of ether oxygens (including phenoxy) is 1. The smallest absolute Gasteiger partial charge is 0.410 e. The summed E-state index contributed by atoms with van der Waals surface area (Å²) in [6.07, 6.45) is -0.333. The van der Waals surface area contributed by atoms with Crippen molar-refractivity contribution < 1.29 is 18.3 Å². The fourth-order valence-electron chi connectivity index (χ4n) is 2.47. The summed E-state index contributed by atoms with van der Waals surface area (Å²) in [5.74, 6) is -1.18. The van der Waals surface area contributed by atoms with E-state index >= 15 is 0 Å². The number of hydrogen-bond donors (Lipinski definition) is 1. The van der Waals surface area contributed by atoms with Crippen LogP contribution in [0, 0.1) is 11.6 Å². The van der Waals surface area contributed by atoms with E-state index in [4.69, 9.17) is 4.74 Å². The largest absolute Gasteiger partial charge is 0.444 e. The minimum atomic E-state index is -0.601. The van der Waals surface area contributed by atoms with Gasteiger partial charge in [0, 0.05) is 25.2 Å². The molecule has 0 aliphatic carbocycles. The third-order valence-corrected chi connectivity index (χ3v) is 3.48. The molecule has 1 N–H and O–H groups in total. The molecule has 0 spiro atoms. The molecular formula is C16H22F2N2O2. The second kappa shape index (κ2) is 6.60. The van der Waals surface area contributed by atoms with Crippen molar-refractivity contribution in [1.29, 1.82) is 0 Å². The molecule has 1 heterocycles. The van der Waals surface area contributed by atoms with Crippen LogP contribution in [0.4, 0.5) is 13.6 Å². The number of nitrogens with one attached hydrogen (secondary N) is 1. The van der Waals surface area contributed by atoms with E-state index in [2.05, 4.69) is 5.32 Å². The second-order valence-corrected chi connectivity index (χ2v) is 6.44. The maximum absolute atomic E-state index is 13.8. The number of hydrogen-bond acceptors (Lipinski definition) is 3. The van der Waals surface area contributed by atoms with E-state index in [1.165, 1.54) is 18.2 Å². The van der Waals surface area contributed by atoms with Gasteiger partial charge in [0.15, 0.2) is 0 Å². The molecule has 0 bridgehead atoms. The first kappa shape index (κ1) is 16.7. The van der Waals surface area contributed by atoms with Gasteiger partial charge in [0.05, 0.1) is 6.04 Å². The number of carbonyl (C=O) groups is 1. The lowest BCUT2D eigenvalue weighted by molar-refractivity contribution is 0.0120. The average molecular weight is 312 g/mol. The second-order valence-electron chi connectivity index (χ2n) is 6.44. The molecule has 1 unspecified atom stereocenters. The van der Waals surface area contributed by atoms with Crippen LogP contribution in [0.5, 0.6) is 0 Å². The Kier molecular flexibility index (Phi) is 5.01. The number of amides is 1. The molecule has 6 heteroatoms. The Morgan fingerprint density at radius 1 is 1.36 bits per heavy atom. The highest BCUT2D eigenvalue weighted by molar-refractivity contribution is 5.68. The lowest BCUT2D eigenvalue weighted by Gasteiger charge is -2.37. The van der Waals surface area contributed by atoms with E-state index in [9.17, 15) is 13.6 Å². The molecule has 2 rings (SSSR count). The Morgan fingerprint density at radius 2 is 2.00 bits per heavy atom. The Labute approximate surface area is 129 Å². The first-order valence-corrected chi connectivity index (χ1v) is 7.41. The molecule has 0 saturated carbocycles. The first-order chi connectivity index (χ1) is 10.3. The Bertz CT molecular complexity index is 523. The monoisotopic (exact) mass is 312 g/mol. The number of benzene rings is 1. The predicted molar refractivity (Wildman–Crippen MR) is 79.7 cm³/mol. The van der Waals surface area contributed by atoms with Crippen LogP contribution >= 0.6 is 0 Å². The summed E-state index contributed by atoms with van der Waals surface area (Å²) < 4.78 is 33.0. The van der Waals surface area contributed by atoms with Gasteiger partial charge in [-0.2, -0.15) is 0 Å². The van der Waals surface area contributed by atoms with Crippen LogP contribution in [0.25, 0.3) is 0 Å². The summed E-state index contributed by atoms with van der Waals surface area (Å²) in [4.78, 5) is 13.8. The van der Waals surface area contributed by atoms with Crippen LogP contribution in [-0.4, -0.2) is 42.3 Å². The van der Waals surface area contributed by atoms with Gasteiger partial charge in [-0.15, -0.1) is 0 Å². The summed E-state index contributed by atoms with van der Waals surface area (Å²) in [5.41, 5.74) is -0.597. The SMILES string of the molecule is CC(C)(C)OC(=O)N1CCNCC1Cc1c(F)cccc1F. The summed E-state index contributed by atoms with van der Waals surface area (Å²) in [6, 6.07) is 3.45. The highest BCUT2D eigenvalue weighted by atomic mass is 19.1. The van der Waals surface area contributed by atoms with Crippen LogP contribution in [0.1, 0.15) is 26.3 Å². The van der Waals surface area contributed by atoms with E-state index in [1.807, 2.05) is 0 Å². The number of halogens is 2. The first-order valence-electron chi connectivity index (χ1n) is 7.41. The summed E-state index contributed by atoms with van der Waals surface area (Å²) >= 11 is 0. The molecule has 1 fully saturated rings. The molecule has 122 valence electrons. The molecular weight excluding hydrogens is 290 g/mol. The fourth-order valence-corrected chi connectivity index (χ4v) is 2.47. The molecule has 1 aromatic rings. The number of piperazine rings is 1. The molecule has 1 aromatic carbocycles. The zero-order valence-electron chi connectivity index (χ0n) is 13.2. The van der Waals surface area contributed by atoms with Gasteiger partial charge in [0.1, 0.15) is 17.2 Å². The van der Waals surface area contributed by atoms with Crippen molar-refractivity contribution in [3.8, 4) is 0 Å². The molecule has 4 nitrogen and oxygen atoms in total. The van der Waals surface area contributed by atoms with E-state index in [0.717, 1.165) is 0 Å². The zero-order chi connectivity index (χ0) is 16.3. The van der Waals surface area contributed by atoms with Crippen molar-refractivity contribution in [1.82, 2.24) is 10.2 Å². The van der Waals surface area contributed by atoms with Crippen molar-refractivity contribution in [3.63, 3.8) is 0 Å². The molecule has 1 aliphatic heterocycles. The van der Waals surface area contributed by atoms with Crippen molar-refractivity contribution in [3.05, 3.63) is 35.4 Å². The zero-order valence-corrected chi connectivity index (χ0v) is 13.2. The standard InChI is InChI=1S/C16H22F2N2O2/c1-16(2,3)22-15(21)20-8-7-19-10-11(20)9-12-13(17)5-4-6-14(12)18/h4-6,11,19H,7-10H2,1-3H3. The van der Waals surface area contributed by atoms with Crippen LogP contribution in [0.3, 0.4) is 0 Å². The Balaban J connectivity index is 2.15. The van der Waals surface area contributed by atoms with Gasteiger partial charge in [0.2, 0.25) is 0 Å². The van der Waals surface area contributed by atoms with Crippen LogP contribution in [0.2, 0.25) is 0 Å². The van der Waals surface area contributed by atoms with E-state index in [0.29, 0.717) is 19.6 Å². The molecule has 22 heavy (non-hydrogen) atoms. The average Bonchev–Trinajstić information content (AvgIpc) is 2.41. The van der Waals surface area contributed by atoms with Gasteiger partial charge in [-0.3, -0.25) is 0 Å². The van der Waals surface area contributed by atoms with Gasteiger partial charge >= 0.3 is 6.09 Å². The molecule has 0 radical (unpaired) electrons. The normalized spacial score (nSPS) is 19.1. The highest BCUT2D eigenvalue weighted by Gasteiger charge is 2.31. The van der Waals surface area contributed by atoms with Crippen molar-refractivity contribution >= 4 is 6.09 Å².